The normalized spacial score (nSPS) is 15.2. The number of aromatic nitrogens is 1. The minimum Gasteiger partial charge on any atom is -0.493 e. The number of ketones is 1. The quantitative estimate of drug-likeness (QED) is 0.163. The zero-order chi connectivity index (χ0) is 31.6. The second-order valence-electron chi connectivity index (χ2n) is 11.3. The highest BCUT2D eigenvalue weighted by Crippen LogP contribution is 2.44. The Balaban J connectivity index is 1.72. The fraction of sp³-hybridized carbons (Fsp3) is 0.438. The lowest BCUT2D eigenvalue weighted by Crippen LogP contribution is -2.44. The molecule has 1 saturated carbocycles. The van der Waals surface area contributed by atoms with Crippen molar-refractivity contribution in [1.82, 2.24) is 10.3 Å². The van der Waals surface area contributed by atoms with Crippen molar-refractivity contribution in [2.45, 2.75) is 69.9 Å². The first-order valence-electron chi connectivity index (χ1n) is 14.0. The van der Waals surface area contributed by atoms with Gasteiger partial charge in [0.1, 0.15) is 5.82 Å². The number of ether oxygens (including phenoxy) is 2. The first-order chi connectivity index (χ1) is 20.2. The molecule has 3 aromatic rings. The summed E-state index contributed by atoms with van der Waals surface area (Å²) in [6.07, 6.45) is -4.95. The number of alkyl halides is 3. The SMILES string of the molecule is COc1cc(C(=O)CCC(O)(c2cc(C(C)(C)NCCO)cc(-c3ccc(F)c(C)c3)n2)C(F)(F)F)ccc1OC1CC1. The van der Waals surface area contributed by atoms with E-state index in [4.69, 9.17) is 9.47 Å². The van der Waals surface area contributed by atoms with E-state index in [-0.39, 0.29) is 41.8 Å². The van der Waals surface area contributed by atoms with Gasteiger partial charge in [0.15, 0.2) is 17.3 Å². The summed E-state index contributed by atoms with van der Waals surface area (Å²) in [4.78, 5) is 17.3. The highest BCUT2D eigenvalue weighted by Gasteiger charge is 2.56. The van der Waals surface area contributed by atoms with E-state index in [1.54, 1.807) is 26.0 Å². The van der Waals surface area contributed by atoms with Gasteiger partial charge in [-0.3, -0.25) is 4.79 Å². The molecule has 1 atom stereocenters. The summed E-state index contributed by atoms with van der Waals surface area (Å²) in [7, 11) is 1.40. The fourth-order valence-corrected chi connectivity index (χ4v) is 4.68. The van der Waals surface area contributed by atoms with Crippen LogP contribution >= 0.6 is 0 Å². The summed E-state index contributed by atoms with van der Waals surface area (Å²) in [5.41, 5.74) is -3.99. The number of nitrogens with one attached hydrogen (secondary N) is 1. The topological polar surface area (TPSA) is 101 Å². The Hall–Kier alpha value is -3.54. The van der Waals surface area contributed by atoms with E-state index < -0.39 is 47.5 Å². The van der Waals surface area contributed by atoms with Gasteiger partial charge in [-0.2, -0.15) is 13.2 Å². The maximum Gasteiger partial charge on any atom is 0.422 e. The molecule has 1 aliphatic rings. The molecular formula is C32H36F4N2O5. The number of rotatable bonds is 13. The van der Waals surface area contributed by atoms with Crippen molar-refractivity contribution >= 4 is 5.78 Å². The van der Waals surface area contributed by atoms with E-state index in [0.29, 0.717) is 16.9 Å². The van der Waals surface area contributed by atoms with E-state index >= 15 is 0 Å². The summed E-state index contributed by atoms with van der Waals surface area (Å²) in [6, 6.07) is 11.2. The number of carbonyl (C=O) groups excluding carboxylic acids is 1. The molecule has 7 nitrogen and oxygen atoms in total. The molecule has 1 heterocycles. The van der Waals surface area contributed by atoms with E-state index in [1.165, 1.54) is 44.4 Å². The predicted octanol–water partition coefficient (Wildman–Crippen LogP) is 5.98. The van der Waals surface area contributed by atoms with E-state index in [1.807, 2.05) is 0 Å². The van der Waals surface area contributed by atoms with Crippen molar-refractivity contribution < 1.29 is 42.0 Å². The molecule has 11 heteroatoms. The van der Waals surface area contributed by atoms with Crippen LogP contribution in [0.2, 0.25) is 0 Å². The number of aliphatic hydroxyl groups excluding tert-OH is 1. The van der Waals surface area contributed by atoms with Gasteiger partial charge >= 0.3 is 6.18 Å². The molecule has 1 fully saturated rings. The monoisotopic (exact) mass is 604 g/mol. The molecule has 232 valence electrons. The molecule has 43 heavy (non-hydrogen) atoms. The third-order valence-corrected chi connectivity index (χ3v) is 7.59. The number of aliphatic hydroxyl groups is 2. The third kappa shape index (κ3) is 7.34. The Labute approximate surface area is 247 Å². The number of nitrogens with zero attached hydrogens (tertiary/aromatic N) is 1. The van der Waals surface area contributed by atoms with Crippen molar-refractivity contribution in [3.8, 4) is 22.8 Å². The van der Waals surface area contributed by atoms with Crippen molar-refractivity contribution in [2.24, 2.45) is 0 Å². The molecule has 0 bridgehead atoms. The average molecular weight is 605 g/mol. The average Bonchev–Trinajstić information content (AvgIpc) is 3.79. The van der Waals surface area contributed by atoms with Gasteiger partial charge in [-0.25, -0.2) is 9.37 Å². The Morgan fingerprint density at radius 3 is 2.40 bits per heavy atom. The molecule has 2 aromatic carbocycles. The van der Waals surface area contributed by atoms with Crippen LogP contribution in [-0.2, 0) is 11.1 Å². The zero-order valence-corrected chi connectivity index (χ0v) is 24.5. The molecule has 0 spiro atoms. The van der Waals surface area contributed by atoms with E-state index in [2.05, 4.69) is 10.3 Å². The smallest absolute Gasteiger partial charge is 0.422 e. The number of carbonyl (C=O) groups is 1. The molecule has 0 radical (unpaired) electrons. The summed E-state index contributed by atoms with van der Waals surface area (Å²) >= 11 is 0. The number of halogens is 4. The molecule has 0 saturated heterocycles. The third-order valence-electron chi connectivity index (χ3n) is 7.59. The van der Waals surface area contributed by atoms with Gasteiger partial charge in [-0.1, -0.05) is 0 Å². The summed E-state index contributed by atoms with van der Waals surface area (Å²) < 4.78 is 69.1. The highest BCUT2D eigenvalue weighted by atomic mass is 19.4. The summed E-state index contributed by atoms with van der Waals surface area (Å²) in [5.74, 6) is -0.390. The van der Waals surface area contributed by atoms with Crippen LogP contribution in [-0.4, -0.2) is 53.5 Å². The van der Waals surface area contributed by atoms with E-state index in [0.717, 1.165) is 18.9 Å². The lowest BCUT2D eigenvalue weighted by atomic mass is 9.86. The molecule has 3 N–H and O–H groups in total. The second kappa shape index (κ2) is 12.6. The van der Waals surface area contributed by atoms with Crippen LogP contribution in [0.3, 0.4) is 0 Å². The van der Waals surface area contributed by atoms with Crippen LogP contribution in [0.5, 0.6) is 11.5 Å². The van der Waals surface area contributed by atoms with E-state index in [9.17, 15) is 32.6 Å². The van der Waals surface area contributed by atoms with Crippen molar-refractivity contribution in [3.05, 3.63) is 76.7 Å². The Morgan fingerprint density at radius 2 is 1.79 bits per heavy atom. The number of pyridine rings is 1. The number of methoxy groups -OCH3 is 1. The largest absolute Gasteiger partial charge is 0.493 e. The number of benzene rings is 2. The standard InChI is InChI=1S/C32H36F4N2O5/c1-19-15-20(5-9-24(19)33)25-17-22(30(2,3)37-13-14-39)18-29(38-25)31(41,32(34,35)36)12-11-26(40)21-6-10-27(28(16-21)42-4)43-23-7-8-23/h5-6,9-10,15-18,23,37,39,41H,7-8,11-14H2,1-4H3. The van der Waals surface area contributed by atoms with Crippen LogP contribution < -0.4 is 14.8 Å². The van der Waals surface area contributed by atoms with Gasteiger partial charge in [-0.15, -0.1) is 0 Å². The Morgan fingerprint density at radius 1 is 1.07 bits per heavy atom. The van der Waals surface area contributed by atoms with Crippen LogP contribution in [0, 0.1) is 12.7 Å². The van der Waals surface area contributed by atoms with Crippen LogP contribution in [0.15, 0.2) is 48.5 Å². The fourth-order valence-electron chi connectivity index (χ4n) is 4.68. The molecular weight excluding hydrogens is 568 g/mol. The van der Waals surface area contributed by atoms with Gasteiger partial charge in [-0.05, 0) is 99.7 Å². The summed E-state index contributed by atoms with van der Waals surface area (Å²) in [6.45, 7) is 4.89. The van der Waals surface area contributed by atoms with Crippen molar-refractivity contribution in [2.75, 3.05) is 20.3 Å². The minimum absolute atomic E-state index is 0.0769. The van der Waals surface area contributed by atoms with Crippen LogP contribution in [0.1, 0.15) is 66.7 Å². The van der Waals surface area contributed by atoms with Gasteiger partial charge in [0.05, 0.1) is 31.2 Å². The lowest BCUT2D eigenvalue weighted by molar-refractivity contribution is -0.270. The van der Waals surface area contributed by atoms with Crippen LogP contribution in [0.25, 0.3) is 11.3 Å². The molecule has 0 aliphatic heterocycles. The number of hydrogen-bond donors (Lipinski definition) is 3. The lowest BCUT2D eigenvalue weighted by Gasteiger charge is -2.33. The number of Topliss-reactive ketones (excluding diaryl/α,β-unsaturated/α-hetero) is 1. The van der Waals surface area contributed by atoms with Gasteiger partial charge in [0.25, 0.3) is 0 Å². The molecule has 4 rings (SSSR count). The summed E-state index contributed by atoms with van der Waals surface area (Å²) in [5, 5.41) is 23.7. The maximum absolute atomic E-state index is 14.7. The molecule has 1 aliphatic carbocycles. The molecule has 1 unspecified atom stereocenters. The molecule has 0 amide bonds. The highest BCUT2D eigenvalue weighted by molar-refractivity contribution is 5.96. The van der Waals surface area contributed by atoms with Gasteiger partial charge in [0, 0.05) is 29.6 Å². The van der Waals surface area contributed by atoms with Crippen molar-refractivity contribution in [3.63, 3.8) is 0 Å². The maximum atomic E-state index is 14.7. The van der Waals surface area contributed by atoms with Gasteiger partial charge < -0.3 is 25.0 Å². The minimum atomic E-state index is -5.20. The molecule has 1 aromatic heterocycles. The Kier molecular flexibility index (Phi) is 9.48. The number of aryl methyl sites for hydroxylation is 1. The van der Waals surface area contributed by atoms with Crippen molar-refractivity contribution in [1.29, 1.82) is 0 Å². The Bertz CT molecular complexity index is 1470. The zero-order valence-electron chi connectivity index (χ0n) is 24.5. The first-order valence-corrected chi connectivity index (χ1v) is 14.0. The number of hydrogen-bond acceptors (Lipinski definition) is 7. The predicted molar refractivity (Wildman–Crippen MR) is 153 cm³/mol. The second-order valence-corrected chi connectivity index (χ2v) is 11.3. The van der Waals surface area contributed by atoms with Gasteiger partial charge in [0.2, 0.25) is 5.60 Å². The van der Waals surface area contributed by atoms with Crippen LogP contribution in [0.4, 0.5) is 17.6 Å². The first kappa shape index (κ1) is 32.4.